The van der Waals surface area contributed by atoms with Gasteiger partial charge in [-0.1, -0.05) is 0 Å². The van der Waals surface area contributed by atoms with Crippen molar-refractivity contribution in [3.8, 4) is 11.6 Å². The molecule has 4 nitrogen and oxygen atoms in total. The van der Waals surface area contributed by atoms with Gasteiger partial charge in [-0.15, -0.1) is 0 Å². The summed E-state index contributed by atoms with van der Waals surface area (Å²) in [5, 5.41) is -1.07. The predicted molar refractivity (Wildman–Crippen MR) is 52.5 cm³/mol. The molecule has 0 radical (unpaired) electrons. The lowest BCUT2D eigenvalue weighted by molar-refractivity contribution is 0.105. The Morgan fingerprint density at radius 1 is 1.44 bits per heavy atom. The smallest absolute Gasteiger partial charge is 0.271 e. The lowest BCUT2D eigenvalue weighted by atomic mass is 10.2. The molecule has 1 aromatic heterocycles. The van der Waals surface area contributed by atoms with Crippen LogP contribution in [0.25, 0.3) is 0 Å². The van der Waals surface area contributed by atoms with Crippen LogP contribution >= 0.6 is 11.6 Å². The molecule has 0 spiro atoms. The van der Waals surface area contributed by atoms with Crippen molar-refractivity contribution in [2.45, 2.75) is 6.43 Å². The van der Waals surface area contributed by atoms with Crippen LogP contribution in [0.15, 0.2) is 6.07 Å². The van der Waals surface area contributed by atoms with Gasteiger partial charge < -0.3 is 9.47 Å². The lowest BCUT2D eigenvalue weighted by Gasteiger charge is -2.10. The van der Waals surface area contributed by atoms with Gasteiger partial charge in [0.1, 0.15) is 5.69 Å². The summed E-state index contributed by atoms with van der Waals surface area (Å²) in [4.78, 5) is 14.5. The fourth-order valence-corrected chi connectivity index (χ4v) is 1.26. The van der Waals surface area contributed by atoms with Gasteiger partial charge >= 0.3 is 0 Å². The molecule has 0 saturated carbocycles. The van der Waals surface area contributed by atoms with E-state index in [1.165, 1.54) is 14.2 Å². The van der Waals surface area contributed by atoms with Crippen molar-refractivity contribution < 1.29 is 23.0 Å². The van der Waals surface area contributed by atoms with E-state index in [2.05, 4.69) is 4.98 Å². The fourth-order valence-electron chi connectivity index (χ4n) is 1.11. The van der Waals surface area contributed by atoms with E-state index in [0.717, 1.165) is 6.07 Å². The summed E-state index contributed by atoms with van der Waals surface area (Å²) in [6.45, 7) is 0. The third-order valence-corrected chi connectivity index (χ3v) is 2.00. The van der Waals surface area contributed by atoms with Crippen LogP contribution in [-0.2, 0) is 0 Å². The van der Waals surface area contributed by atoms with Gasteiger partial charge in [0.05, 0.1) is 19.8 Å². The molecule has 0 N–H and O–H groups in total. The maximum Gasteiger partial charge on any atom is 0.271 e. The number of hydrogen-bond donors (Lipinski definition) is 0. The third kappa shape index (κ3) is 2.38. The second-order valence-electron chi connectivity index (χ2n) is 2.71. The zero-order chi connectivity index (χ0) is 12.3. The Hall–Kier alpha value is -1.43. The molecule has 7 heteroatoms. The van der Waals surface area contributed by atoms with E-state index < -0.39 is 22.9 Å². The molecule has 1 rings (SSSR count). The van der Waals surface area contributed by atoms with Crippen LogP contribution in [0.2, 0.25) is 0 Å². The highest BCUT2D eigenvalue weighted by Gasteiger charge is 2.22. The summed E-state index contributed by atoms with van der Waals surface area (Å²) < 4.78 is 34.7. The molecule has 0 aromatic carbocycles. The maximum absolute atomic E-state index is 12.6. The molecule has 0 atom stereocenters. The molecule has 0 bridgehead atoms. The van der Waals surface area contributed by atoms with Gasteiger partial charge in [0, 0.05) is 0 Å². The minimum Gasteiger partial charge on any atom is -0.491 e. The average molecular weight is 252 g/mol. The molecule has 16 heavy (non-hydrogen) atoms. The van der Waals surface area contributed by atoms with Crippen molar-refractivity contribution in [1.29, 1.82) is 0 Å². The molecule has 0 amide bonds. The van der Waals surface area contributed by atoms with Crippen LogP contribution in [0, 0.1) is 0 Å². The van der Waals surface area contributed by atoms with Crippen molar-refractivity contribution in [2.75, 3.05) is 14.2 Å². The molecule has 1 aromatic rings. The first-order chi connectivity index (χ1) is 7.51. The molecule has 0 fully saturated rings. The summed E-state index contributed by atoms with van der Waals surface area (Å²) in [5.74, 6) is -0.0598. The van der Waals surface area contributed by atoms with Crippen molar-refractivity contribution in [3.05, 3.63) is 17.3 Å². The zero-order valence-corrected chi connectivity index (χ0v) is 9.22. The molecule has 0 aliphatic heterocycles. The first kappa shape index (κ1) is 12.6. The Morgan fingerprint density at radius 2 is 2.06 bits per heavy atom. The second kappa shape index (κ2) is 5.07. The van der Waals surface area contributed by atoms with Crippen LogP contribution in [0.5, 0.6) is 11.6 Å². The van der Waals surface area contributed by atoms with E-state index in [1.807, 2.05) is 0 Å². The van der Waals surface area contributed by atoms with E-state index in [9.17, 15) is 13.6 Å². The van der Waals surface area contributed by atoms with Crippen LogP contribution in [-0.4, -0.2) is 24.4 Å². The summed E-state index contributed by atoms with van der Waals surface area (Å²) in [6.07, 6.45) is -2.87. The Morgan fingerprint density at radius 3 is 2.44 bits per heavy atom. The summed E-state index contributed by atoms with van der Waals surface area (Å²) in [6, 6.07) is 0.978. The van der Waals surface area contributed by atoms with Crippen molar-refractivity contribution >= 4 is 16.8 Å². The molecular weight excluding hydrogens is 244 g/mol. The highest BCUT2D eigenvalue weighted by atomic mass is 35.5. The first-order valence-electron chi connectivity index (χ1n) is 4.12. The number of carbonyl (C=O) groups excluding carboxylic acids is 1. The van der Waals surface area contributed by atoms with Gasteiger partial charge in [-0.05, 0) is 17.7 Å². The van der Waals surface area contributed by atoms with Gasteiger partial charge in [-0.25, -0.2) is 13.8 Å². The van der Waals surface area contributed by atoms with E-state index >= 15 is 0 Å². The zero-order valence-electron chi connectivity index (χ0n) is 8.46. The fraction of sp³-hybridized carbons (Fsp3) is 0.333. The van der Waals surface area contributed by atoms with Crippen LogP contribution in [0.4, 0.5) is 8.78 Å². The van der Waals surface area contributed by atoms with Gasteiger partial charge in [-0.3, -0.25) is 4.79 Å². The van der Waals surface area contributed by atoms with E-state index in [0.29, 0.717) is 0 Å². The standard InChI is InChI=1S/C9H8ClF2NO3/c1-15-5-3-4(8(11)12)6(7(10)14)13-9(5)16-2/h3,8H,1-2H3. The molecule has 0 unspecified atom stereocenters. The summed E-state index contributed by atoms with van der Waals surface area (Å²) in [7, 11) is 2.55. The molecule has 88 valence electrons. The number of pyridine rings is 1. The number of ether oxygens (including phenoxy) is 2. The number of alkyl halides is 2. The largest absolute Gasteiger partial charge is 0.491 e. The quantitative estimate of drug-likeness (QED) is 0.771. The van der Waals surface area contributed by atoms with E-state index in [1.54, 1.807) is 0 Å². The maximum atomic E-state index is 12.6. The summed E-state index contributed by atoms with van der Waals surface area (Å²) in [5.41, 5.74) is -1.12. The normalized spacial score (nSPS) is 10.4. The van der Waals surface area contributed by atoms with Crippen molar-refractivity contribution in [1.82, 2.24) is 4.98 Å². The second-order valence-corrected chi connectivity index (χ2v) is 3.06. The highest BCUT2D eigenvalue weighted by molar-refractivity contribution is 6.67. The van der Waals surface area contributed by atoms with E-state index in [-0.39, 0.29) is 11.6 Å². The minimum absolute atomic E-state index is 0.0134. The van der Waals surface area contributed by atoms with E-state index in [4.69, 9.17) is 21.1 Å². The number of methoxy groups -OCH3 is 2. The predicted octanol–water partition coefficient (Wildman–Crippen LogP) is 2.42. The van der Waals surface area contributed by atoms with Crippen molar-refractivity contribution in [2.24, 2.45) is 0 Å². The Bertz CT molecular complexity index is 412. The van der Waals surface area contributed by atoms with Gasteiger partial charge in [0.15, 0.2) is 5.75 Å². The van der Waals surface area contributed by atoms with Crippen LogP contribution in [0.1, 0.15) is 22.5 Å². The third-order valence-electron chi connectivity index (χ3n) is 1.82. The molecule has 0 aliphatic rings. The Labute approximate surface area is 95.1 Å². The lowest BCUT2D eigenvalue weighted by Crippen LogP contribution is -2.05. The van der Waals surface area contributed by atoms with Crippen LogP contribution in [0.3, 0.4) is 0 Å². The number of carbonyl (C=O) groups is 1. The number of nitrogens with zero attached hydrogens (tertiary/aromatic N) is 1. The Kier molecular flexibility index (Phi) is 4.00. The molecular formula is C9H8ClF2NO3. The number of hydrogen-bond acceptors (Lipinski definition) is 4. The van der Waals surface area contributed by atoms with Crippen molar-refractivity contribution in [3.63, 3.8) is 0 Å². The van der Waals surface area contributed by atoms with Crippen LogP contribution < -0.4 is 9.47 Å². The van der Waals surface area contributed by atoms with Gasteiger partial charge in [0.2, 0.25) is 0 Å². The topological polar surface area (TPSA) is 48.4 Å². The SMILES string of the molecule is COc1cc(C(F)F)c(C(=O)Cl)nc1OC. The average Bonchev–Trinajstić information content (AvgIpc) is 2.26. The first-order valence-corrected chi connectivity index (χ1v) is 4.50. The number of rotatable bonds is 4. The molecule has 0 aliphatic carbocycles. The summed E-state index contributed by atoms with van der Waals surface area (Å²) >= 11 is 5.15. The number of halogens is 3. The molecule has 1 heterocycles. The Balaban J connectivity index is 3.41. The highest BCUT2D eigenvalue weighted by Crippen LogP contribution is 2.32. The molecule has 0 saturated heterocycles. The van der Waals surface area contributed by atoms with Gasteiger partial charge in [0.25, 0.3) is 17.5 Å². The number of aromatic nitrogens is 1. The van der Waals surface area contributed by atoms with Gasteiger partial charge in [-0.2, -0.15) is 0 Å². The minimum atomic E-state index is -2.87. The monoisotopic (exact) mass is 251 g/mol.